The number of esters is 3. The van der Waals surface area contributed by atoms with Gasteiger partial charge in [-0.25, -0.2) is 28.2 Å². The Morgan fingerprint density at radius 1 is 0.481 bits per heavy atom. The van der Waals surface area contributed by atoms with Crippen LogP contribution in [0, 0.1) is 12.8 Å². The van der Waals surface area contributed by atoms with Crippen molar-refractivity contribution in [1.29, 1.82) is 0 Å². The summed E-state index contributed by atoms with van der Waals surface area (Å²) in [5, 5.41) is 48.9. The van der Waals surface area contributed by atoms with Gasteiger partial charge < -0.3 is 107 Å². The standard InChI is InChI=1S/C12H17NO8.2C8H14O6.2C4H7ClO3.C4H5NO3.C4H8O4.C4H8O3.C2H2.5CH4.Cl2OS.ClH.O2S.H2O/c1-8(20-12(17)6-19-7-18-2)5-11(16)21-13-9(14)3-4-10(13)15;2*1-6(3-7(9)10)14-8(11)4-13-5-12-2;2*1-7-3-8-2-4(5)6;6-3-1-2-4(7)5(3)8;1-7-3-8-2-4(5)6;1-3(5)2-4(6)7;1-2;;;;;;1-4(2)3;;1-3-2;/h8H,3-7H2,1-2H3;2*6H,3-5H2,1-2H3,(H,9,10);2*2-3H2,1H3;8H,1-2H2;2-3H2,1H3,(H,5,6);3,5H,2H2,1H3,(H,6,7);1-2H;5*1H4;;1H;;1H2/i;;;;;;;;1D;;;;;;;;;. The molecule has 104 heavy (non-hydrogen) atoms. The molecular weight excluding hydrogens is 1570 g/mol. The van der Waals surface area contributed by atoms with Gasteiger partial charge in [-0.05, 0) is 50.9 Å². The molecule has 4 atom stereocenters. The molecule has 4 unspecified atom stereocenters. The third kappa shape index (κ3) is 129. The number of amides is 4. The summed E-state index contributed by atoms with van der Waals surface area (Å²) >= 11 is 9.04. The highest BCUT2D eigenvalue weighted by Gasteiger charge is 2.33. The number of carbonyl (C=O) groups is 14. The van der Waals surface area contributed by atoms with Crippen LogP contribution in [-0.2, 0) is 164 Å². The van der Waals surface area contributed by atoms with Gasteiger partial charge >= 0.3 is 59.3 Å². The Kier molecular flexibility index (Phi) is 130. The Morgan fingerprint density at radius 3 is 0.885 bits per heavy atom. The zero-order chi connectivity index (χ0) is 78.0. The van der Waals surface area contributed by atoms with Crippen molar-refractivity contribution in [3.63, 3.8) is 0 Å². The van der Waals surface area contributed by atoms with E-state index in [9.17, 15) is 67.1 Å². The highest BCUT2D eigenvalue weighted by atomic mass is 36.0. The largest absolute Gasteiger partial charge is 0.481 e. The highest BCUT2D eigenvalue weighted by molar-refractivity contribution is 8.26. The number of hydroxylamine groups is 4. The highest BCUT2D eigenvalue weighted by Crippen LogP contribution is 2.14. The van der Waals surface area contributed by atoms with E-state index in [1.165, 1.54) is 76.8 Å². The monoisotopic (exact) mass is 1670 g/mol. The average Bonchev–Trinajstić information content (AvgIpc) is 1.75. The molecule has 49 heteroatoms. The molecule has 622 valence electrons. The Bertz CT molecular complexity index is 2220. The van der Waals surface area contributed by atoms with E-state index in [2.05, 4.69) is 75.3 Å². The molecule has 8 N–H and O–H groups in total. The Morgan fingerprint density at radius 2 is 0.702 bits per heavy atom. The molecule has 4 amide bonds. The second-order valence-corrected chi connectivity index (χ2v) is 19.8. The Balaban J connectivity index is -0.0000000613. The minimum atomic E-state index is -1.67. The fraction of sp³-hybridized carbons (Fsp3) is 0.709. The van der Waals surface area contributed by atoms with Gasteiger partial charge in [0.25, 0.3) is 23.6 Å². The topological polar surface area (TPSA) is 597 Å². The average molecular weight is 1680 g/mol. The predicted molar refractivity (Wildman–Crippen MR) is 369 cm³/mol. The lowest BCUT2D eigenvalue weighted by atomic mass is 10.3. The van der Waals surface area contributed by atoms with Crippen LogP contribution in [0.2, 0.25) is 0 Å². The summed E-state index contributed by atoms with van der Waals surface area (Å²) in [5.41, 5.74) is 0. The summed E-state index contributed by atoms with van der Waals surface area (Å²) in [4.78, 5) is 152. The first kappa shape index (κ1) is 134. The van der Waals surface area contributed by atoms with E-state index in [-0.39, 0.29) is 192 Å². The quantitative estimate of drug-likeness (QED) is 0.00767. The number of carboxylic acids is 4. The molecule has 2 heterocycles. The SMILES string of the molecule is C.C.C.C.C.CC(O)CC(=O)O.COCOCC(=O)Cl.COCOCC(=O)Cl.COCOCC(=O)O.COCOCC(=O)OC(C)CC(=O)O.COCOCC(=O)OC(C)CC(=O)O.COCOCC(=O)OC(C)CC(=O)ON1C(=O)CCC1=O.Cl.O.O=C1CCC(=O)N1O.O=S(Cl)Cl.O=S=O.[2H]C#C. The van der Waals surface area contributed by atoms with Crippen LogP contribution in [0.15, 0.2) is 0 Å². The molecule has 0 bridgehead atoms. The molecule has 0 spiro atoms. The van der Waals surface area contributed by atoms with Crippen molar-refractivity contribution in [2.75, 3.05) is 123 Å². The van der Waals surface area contributed by atoms with Gasteiger partial charge in [-0.3, -0.25) is 48.4 Å². The minimum Gasteiger partial charge on any atom is -0.481 e. The van der Waals surface area contributed by atoms with Gasteiger partial charge in [-0.15, -0.1) is 30.3 Å². The summed E-state index contributed by atoms with van der Waals surface area (Å²) < 4.78 is 100. The van der Waals surface area contributed by atoms with E-state index in [0.717, 1.165) is 0 Å². The van der Waals surface area contributed by atoms with Crippen LogP contribution in [0.5, 0.6) is 0 Å². The van der Waals surface area contributed by atoms with Crippen molar-refractivity contribution in [2.45, 2.75) is 141 Å². The molecular formula is C55H105Cl5N2O40S2. The number of ether oxygens (including phenoxy) is 15. The molecule has 2 aliphatic heterocycles. The summed E-state index contributed by atoms with van der Waals surface area (Å²) in [6, 6.07) is 0. The lowest BCUT2D eigenvalue weighted by molar-refractivity contribution is -0.199. The Hall–Kier alpha value is -6.24. The van der Waals surface area contributed by atoms with Crippen LogP contribution in [0.25, 0.3) is 0 Å². The molecule has 0 aliphatic carbocycles. The third-order valence-electron chi connectivity index (χ3n) is 7.59. The predicted octanol–water partition coefficient (Wildman–Crippen LogP) is 2.76. The van der Waals surface area contributed by atoms with Crippen LogP contribution >= 0.6 is 57.0 Å². The summed E-state index contributed by atoms with van der Waals surface area (Å²) in [5.74, 6) is -8.81. The number of methoxy groups -OCH3 is 6. The fourth-order valence-electron chi connectivity index (χ4n) is 4.49. The van der Waals surface area contributed by atoms with Gasteiger partial charge in [-0.2, -0.15) is 13.5 Å². The molecule has 2 aliphatic rings. The maximum Gasteiger partial charge on any atom is 0.336 e. The number of rotatable bonds is 36. The van der Waals surface area contributed by atoms with E-state index in [1.54, 1.807) is 0 Å². The number of nitrogens with zero attached hydrogens (tertiary/aromatic N) is 2. The Labute approximate surface area is 636 Å². The first-order valence-electron chi connectivity index (χ1n) is 26.3. The van der Waals surface area contributed by atoms with Gasteiger partial charge in [0.2, 0.25) is 19.7 Å². The van der Waals surface area contributed by atoms with Gasteiger partial charge in [-0.1, -0.05) is 37.1 Å². The van der Waals surface area contributed by atoms with E-state index in [0.29, 0.717) is 5.06 Å². The second-order valence-electron chi connectivity index (χ2n) is 16.3. The number of terminal acetylenes is 1. The fourth-order valence-corrected chi connectivity index (χ4v) is 4.64. The van der Waals surface area contributed by atoms with Crippen LogP contribution < -0.4 is 0 Å². The molecule has 0 aromatic rings. The van der Waals surface area contributed by atoms with Gasteiger partial charge in [0, 0.05) is 89.7 Å². The first-order valence-corrected chi connectivity index (χ1v) is 30.0. The van der Waals surface area contributed by atoms with E-state index in [1.807, 2.05) is 0 Å². The molecule has 0 aromatic carbocycles. The normalized spacial score (nSPS) is 11.6. The number of carbonyl (C=O) groups excluding carboxylic acids is 10. The van der Waals surface area contributed by atoms with Gasteiger partial charge in [0.1, 0.15) is 100 Å². The number of aliphatic carboxylic acids is 4. The van der Waals surface area contributed by atoms with Crippen molar-refractivity contribution in [3.8, 4) is 12.8 Å². The molecule has 2 fully saturated rings. The molecule has 42 nitrogen and oxygen atoms in total. The number of aliphatic hydroxyl groups is 1. The lowest BCUT2D eigenvalue weighted by Gasteiger charge is -2.15. The molecule has 0 aromatic heterocycles. The maximum atomic E-state index is 11.5. The number of hydrogen-bond acceptors (Lipinski definition) is 35. The number of hydrogen-bond donors (Lipinski definition) is 6. The van der Waals surface area contributed by atoms with Crippen molar-refractivity contribution in [1.82, 2.24) is 10.1 Å². The smallest absolute Gasteiger partial charge is 0.336 e. The third-order valence-corrected chi connectivity index (χ3v) is 7.81. The van der Waals surface area contributed by atoms with E-state index >= 15 is 0 Å². The lowest BCUT2D eigenvalue weighted by Crippen LogP contribution is -2.33. The van der Waals surface area contributed by atoms with Crippen molar-refractivity contribution < 1.29 is 193 Å². The van der Waals surface area contributed by atoms with Crippen LogP contribution in [-0.4, -0.2) is 288 Å². The van der Waals surface area contributed by atoms with Gasteiger partial charge in [0.05, 0.1) is 31.8 Å². The van der Waals surface area contributed by atoms with Crippen molar-refractivity contribution >= 4 is 160 Å². The molecule has 2 rings (SSSR count). The van der Waals surface area contributed by atoms with Crippen LogP contribution in [0.4, 0.5) is 0 Å². The zero-order valence-corrected chi connectivity index (χ0v) is 60.3. The van der Waals surface area contributed by atoms with Crippen LogP contribution in [0.1, 0.15) is 118 Å². The number of aliphatic hydroxyl groups excluding tert-OH is 1. The second kappa shape index (κ2) is 101. The number of imide groups is 2. The molecule has 0 saturated carbocycles. The maximum absolute atomic E-state index is 11.5. The summed E-state index contributed by atoms with van der Waals surface area (Å²) in [6.07, 6.45) is 2.43. The van der Waals surface area contributed by atoms with Crippen molar-refractivity contribution in [3.05, 3.63) is 0 Å². The van der Waals surface area contributed by atoms with E-state index < -0.39 is 127 Å². The number of carboxylic acid groups (broad SMARTS) is 4. The number of halogens is 5. The van der Waals surface area contributed by atoms with E-state index in [4.69, 9.17) is 96.4 Å². The molecule has 2 saturated heterocycles. The van der Waals surface area contributed by atoms with Crippen LogP contribution in [0.3, 0.4) is 0 Å². The van der Waals surface area contributed by atoms with Crippen molar-refractivity contribution in [2.24, 2.45) is 0 Å². The first-order chi connectivity index (χ1) is 45.8. The molecule has 0 radical (unpaired) electrons. The minimum absolute atomic E-state index is 0. The summed E-state index contributed by atoms with van der Waals surface area (Å²) in [6.45, 7) is 4.87. The summed E-state index contributed by atoms with van der Waals surface area (Å²) in [7, 11) is 16.0. The zero-order valence-electron chi connectivity index (χ0n) is 55.8. The van der Waals surface area contributed by atoms with Gasteiger partial charge in [0.15, 0.2) is 0 Å².